The second-order valence-corrected chi connectivity index (χ2v) is 11.3. The van der Waals surface area contributed by atoms with Crippen molar-refractivity contribution in [3.8, 4) is 0 Å². The number of amides is 2. The molecule has 11 nitrogen and oxygen atoms in total. The van der Waals surface area contributed by atoms with Crippen molar-refractivity contribution in [1.82, 2.24) is 19.5 Å². The minimum Gasteiger partial charge on any atom is -0.465 e. The van der Waals surface area contributed by atoms with Crippen LogP contribution in [0, 0.1) is 5.92 Å². The minimum atomic E-state index is -1.03. The molecule has 2 amide bonds. The van der Waals surface area contributed by atoms with Gasteiger partial charge in [0.25, 0.3) is 0 Å². The van der Waals surface area contributed by atoms with E-state index in [2.05, 4.69) is 10.3 Å². The molecule has 210 valence electrons. The van der Waals surface area contributed by atoms with Gasteiger partial charge < -0.3 is 25.2 Å². The van der Waals surface area contributed by atoms with Crippen LogP contribution in [0.15, 0.2) is 42.6 Å². The van der Waals surface area contributed by atoms with E-state index in [9.17, 15) is 19.8 Å². The Labute approximate surface area is 228 Å². The lowest BCUT2D eigenvalue weighted by atomic mass is 9.94. The second-order valence-electron chi connectivity index (χ2n) is 11.3. The predicted molar refractivity (Wildman–Crippen MR) is 148 cm³/mol. The number of aromatic nitrogens is 3. The Kier molecular flexibility index (Phi) is 8.29. The Morgan fingerprint density at radius 2 is 1.95 bits per heavy atom. The number of aliphatic hydroxyl groups is 1. The molecule has 0 radical (unpaired) electrons. The molecule has 11 heteroatoms. The first-order valence-electron chi connectivity index (χ1n) is 13.3. The molecule has 3 heterocycles. The van der Waals surface area contributed by atoms with Gasteiger partial charge in [0.15, 0.2) is 5.65 Å². The summed E-state index contributed by atoms with van der Waals surface area (Å²) in [5, 5.41) is 27.9. The van der Waals surface area contributed by atoms with Gasteiger partial charge >= 0.3 is 12.2 Å². The van der Waals surface area contributed by atoms with E-state index >= 15 is 0 Å². The van der Waals surface area contributed by atoms with Gasteiger partial charge in [-0.25, -0.2) is 19.1 Å². The fraction of sp³-hybridized carbons (Fsp3) is 0.500. The zero-order valence-corrected chi connectivity index (χ0v) is 23.2. The summed E-state index contributed by atoms with van der Waals surface area (Å²) in [6.45, 7) is 10.7. The Hall–Kier alpha value is -3.86. The lowest BCUT2D eigenvalue weighted by Crippen LogP contribution is -2.47. The fourth-order valence-corrected chi connectivity index (χ4v) is 4.61. The van der Waals surface area contributed by atoms with E-state index in [4.69, 9.17) is 9.84 Å². The second kappa shape index (κ2) is 11.5. The lowest BCUT2D eigenvalue weighted by molar-refractivity contribution is 0.0294. The maximum absolute atomic E-state index is 13.5. The molecule has 1 saturated heterocycles. The number of rotatable bonds is 7. The van der Waals surface area contributed by atoms with E-state index in [1.165, 1.54) is 4.90 Å². The summed E-state index contributed by atoms with van der Waals surface area (Å²) in [7, 11) is 0. The number of fused-ring (bicyclic) bond motifs is 1. The summed E-state index contributed by atoms with van der Waals surface area (Å²) in [5.74, 6) is 0.480. The lowest BCUT2D eigenvalue weighted by Gasteiger charge is -2.34. The first-order valence-corrected chi connectivity index (χ1v) is 13.3. The molecule has 2 atom stereocenters. The minimum absolute atomic E-state index is 0.0713. The number of nitrogens with zero attached hydrogens (tertiary/aromatic N) is 5. The third kappa shape index (κ3) is 6.78. The summed E-state index contributed by atoms with van der Waals surface area (Å²) < 4.78 is 7.54. The van der Waals surface area contributed by atoms with Crippen LogP contribution in [0.1, 0.15) is 58.2 Å². The number of β-amino-alcohol motifs (C(OH)–C–C–N with tert-alkyl or cyclic N) is 1. The Morgan fingerprint density at radius 1 is 1.23 bits per heavy atom. The van der Waals surface area contributed by atoms with E-state index in [0.717, 1.165) is 11.3 Å². The monoisotopic (exact) mass is 538 g/mol. The molecule has 4 rings (SSSR count). The van der Waals surface area contributed by atoms with Crippen molar-refractivity contribution in [3.05, 3.63) is 53.9 Å². The van der Waals surface area contributed by atoms with Gasteiger partial charge in [-0.3, -0.25) is 4.90 Å². The molecule has 2 aromatic heterocycles. The van der Waals surface area contributed by atoms with Gasteiger partial charge in [0.2, 0.25) is 0 Å². The number of nitrogens with one attached hydrogen (secondary N) is 1. The van der Waals surface area contributed by atoms with Crippen molar-refractivity contribution in [2.75, 3.05) is 29.9 Å². The maximum Gasteiger partial charge on any atom is 0.415 e. The largest absolute Gasteiger partial charge is 0.465 e. The van der Waals surface area contributed by atoms with Crippen LogP contribution in [-0.2, 0) is 11.3 Å². The number of carbonyl (C=O) groups excluding carboxylic acids is 1. The molecule has 0 saturated carbocycles. The van der Waals surface area contributed by atoms with Gasteiger partial charge in [0.05, 0.1) is 36.8 Å². The Balaban J connectivity index is 1.70. The van der Waals surface area contributed by atoms with Gasteiger partial charge in [-0.15, -0.1) is 5.10 Å². The molecule has 0 unspecified atom stereocenters. The van der Waals surface area contributed by atoms with E-state index < -0.39 is 23.9 Å². The molecule has 3 N–H and O–H groups in total. The van der Waals surface area contributed by atoms with Crippen molar-refractivity contribution >= 4 is 29.3 Å². The highest BCUT2D eigenvalue weighted by Gasteiger charge is 2.31. The Morgan fingerprint density at radius 3 is 2.56 bits per heavy atom. The van der Waals surface area contributed by atoms with E-state index in [-0.39, 0.29) is 24.9 Å². The van der Waals surface area contributed by atoms with Gasteiger partial charge in [-0.2, -0.15) is 0 Å². The van der Waals surface area contributed by atoms with Gasteiger partial charge in [-0.05, 0) is 38.7 Å². The number of aliphatic hydroxyl groups excluding tert-OH is 1. The van der Waals surface area contributed by atoms with Gasteiger partial charge in [0.1, 0.15) is 11.4 Å². The normalized spacial score (nSPS) is 17.9. The van der Waals surface area contributed by atoms with Crippen molar-refractivity contribution in [2.24, 2.45) is 5.92 Å². The number of carboxylic acid groups (broad SMARTS) is 1. The molecule has 1 aliphatic rings. The number of ether oxygens (including phenoxy) is 1. The van der Waals surface area contributed by atoms with Crippen LogP contribution in [0.25, 0.3) is 5.65 Å². The zero-order chi connectivity index (χ0) is 28.3. The number of benzene rings is 1. The van der Waals surface area contributed by atoms with Crippen LogP contribution >= 0.6 is 0 Å². The van der Waals surface area contributed by atoms with E-state index in [0.29, 0.717) is 36.7 Å². The number of imidazole rings is 1. The number of hydrogen-bond acceptors (Lipinski definition) is 7. The summed E-state index contributed by atoms with van der Waals surface area (Å²) in [6, 6.07) is 11.4. The number of anilines is 2. The van der Waals surface area contributed by atoms with Crippen LogP contribution in [0.3, 0.4) is 0 Å². The topological polar surface area (TPSA) is 133 Å². The molecule has 0 spiro atoms. The third-order valence-corrected chi connectivity index (χ3v) is 6.69. The first kappa shape index (κ1) is 28.2. The van der Waals surface area contributed by atoms with Crippen molar-refractivity contribution < 1.29 is 24.5 Å². The van der Waals surface area contributed by atoms with Crippen LogP contribution in [0.2, 0.25) is 0 Å². The van der Waals surface area contributed by atoms with E-state index in [1.54, 1.807) is 21.7 Å². The molecule has 1 fully saturated rings. The van der Waals surface area contributed by atoms with Crippen molar-refractivity contribution in [1.29, 1.82) is 0 Å². The standard InChI is InChI=1S/C28H38N6O5/c1-18(2)22-15-30-25-21(33(27(38)39-28(3,4)5)16-19-9-7-6-8-10-19)13-24(31-34(22)25)29-14-20-11-12-32(26(36)37)17-23(20)35/h6-10,13,15,18,20,23,35H,11-12,14,16-17H2,1-5H3,(H,29,31)(H,36,37)/t20-,23+/m1/s1. The van der Waals surface area contributed by atoms with Crippen LogP contribution in [0.5, 0.6) is 0 Å². The zero-order valence-electron chi connectivity index (χ0n) is 23.2. The third-order valence-electron chi connectivity index (χ3n) is 6.69. The van der Waals surface area contributed by atoms with Crippen molar-refractivity contribution in [3.63, 3.8) is 0 Å². The highest BCUT2D eigenvalue weighted by atomic mass is 16.6. The highest BCUT2D eigenvalue weighted by Crippen LogP contribution is 2.30. The molecular formula is C28H38N6O5. The highest BCUT2D eigenvalue weighted by molar-refractivity contribution is 5.93. The average molecular weight is 539 g/mol. The van der Waals surface area contributed by atoms with Crippen LogP contribution in [-0.4, -0.2) is 73.2 Å². The summed E-state index contributed by atoms with van der Waals surface area (Å²) >= 11 is 0. The maximum atomic E-state index is 13.5. The molecule has 3 aromatic rings. The molecule has 0 aliphatic carbocycles. The smallest absolute Gasteiger partial charge is 0.415 e. The summed E-state index contributed by atoms with van der Waals surface area (Å²) in [6.07, 6.45) is -0.0336. The molecule has 39 heavy (non-hydrogen) atoms. The van der Waals surface area contributed by atoms with Crippen molar-refractivity contribution in [2.45, 2.75) is 65.2 Å². The number of carbonyl (C=O) groups is 2. The molecule has 1 aromatic carbocycles. The van der Waals surface area contributed by atoms with Crippen LogP contribution in [0.4, 0.5) is 21.1 Å². The molecule has 0 bridgehead atoms. The quantitative estimate of drug-likeness (QED) is 0.399. The number of piperidine rings is 1. The molecular weight excluding hydrogens is 500 g/mol. The number of hydrogen-bond donors (Lipinski definition) is 3. The van der Waals surface area contributed by atoms with Gasteiger partial charge in [-0.1, -0.05) is 44.2 Å². The van der Waals surface area contributed by atoms with Gasteiger partial charge in [0, 0.05) is 25.1 Å². The fourth-order valence-electron chi connectivity index (χ4n) is 4.61. The Bertz CT molecular complexity index is 1300. The SMILES string of the molecule is CC(C)c1cnc2c(N(Cc3ccccc3)C(=O)OC(C)(C)C)cc(NC[C@H]3CCN(C(=O)O)C[C@@H]3O)nn12. The van der Waals surface area contributed by atoms with Crippen LogP contribution < -0.4 is 10.2 Å². The number of likely N-dealkylation sites (tertiary alicyclic amines) is 1. The summed E-state index contributed by atoms with van der Waals surface area (Å²) in [4.78, 5) is 32.2. The summed E-state index contributed by atoms with van der Waals surface area (Å²) in [5.41, 5.74) is 2.18. The van der Waals surface area contributed by atoms with E-state index in [1.807, 2.05) is 65.0 Å². The first-order chi connectivity index (χ1) is 18.4. The average Bonchev–Trinajstić information content (AvgIpc) is 3.30. The molecule has 1 aliphatic heterocycles. The predicted octanol–water partition coefficient (Wildman–Crippen LogP) is 4.57.